The second-order valence-electron chi connectivity index (χ2n) is 6.20. The molecule has 21 heavy (non-hydrogen) atoms. The molecule has 0 spiro atoms. The lowest BCUT2D eigenvalue weighted by Crippen LogP contribution is -2.32. The summed E-state index contributed by atoms with van der Waals surface area (Å²) in [5.41, 5.74) is 2.39. The van der Waals surface area contributed by atoms with Crippen LogP contribution in [0.2, 0.25) is 0 Å². The maximum atomic E-state index is 12.0. The highest BCUT2D eigenvalue weighted by Gasteiger charge is 2.50. The van der Waals surface area contributed by atoms with Gasteiger partial charge in [-0.1, -0.05) is 12.1 Å². The molecular formula is C16H21N3O2. The zero-order valence-electron chi connectivity index (χ0n) is 12.7. The van der Waals surface area contributed by atoms with Gasteiger partial charge in [-0.25, -0.2) is 0 Å². The van der Waals surface area contributed by atoms with Gasteiger partial charge in [-0.05, 0) is 17.7 Å². The Labute approximate surface area is 125 Å². The first-order valence-electron chi connectivity index (χ1n) is 7.27. The summed E-state index contributed by atoms with van der Waals surface area (Å²) in [6.07, 6.45) is 0. The van der Waals surface area contributed by atoms with Crippen LogP contribution in [0.15, 0.2) is 24.3 Å². The minimum Gasteiger partial charge on any atom is -0.378 e. The van der Waals surface area contributed by atoms with Crippen LogP contribution in [-0.2, 0) is 16.1 Å². The molecule has 0 unspecified atom stereocenters. The van der Waals surface area contributed by atoms with E-state index in [9.17, 15) is 9.59 Å². The van der Waals surface area contributed by atoms with Crippen LogP contribution in [0, 0.1) is 11.8 Å². The molecule has 2 atom stereocenters. The molecule has 0 aromatic heterocycles. The summed E-state index contributed by atoms with van der Waals surface area (Å²) in [5, 5.41) is 0. The quantitative estimate of drug-likeness (QED) is 0.771. The van der Waals surface area contributed by atoms with Crippen molar-refractivity contribution in [2.24, 2.45) is 11.8 Å². The van der Waals surface area contributed by atoms with E-state index in [-0.39, 0.29) is 23.7 Å². The van der Waals surface area contributed by atoms with E-state index < -0.39 is 0 Å². The Morgan fingerprint density at radius 2 is 1.57 bits per heavy atom. The lowest BCUT2D eigenvalue weighted by atomic mass is 10.00. The average molecular weight is 287 g/mol. The van der Waals surface area contributed by atoms with Crippen molar-refractivity contribution in [1.82, 2.24) is 9.80 Å². The summed E-state index contributed by atoms with van der Waals surface area (Å²) < 4.78 is 0. The molecule has 0 radical (unpaired) electrons. The number of imide groups is 1. The summed E-state index contributed by atoms with van der Waals surface area (Å²) in [7, 11) is 5.63. The van der Waals surface area contributed by atoms with Gasteiger partial charge in [-0.3, -0.25) is 19.4 Å². The van der Waals surface area contributed by atoms with Crippen LogP contribution in [-0.4, -0.2) is 55.8 Å². The third-order valence-electron chi connectivity index (χ3n) is 4.55. The Morgan fingerprint density at radius 1 is 1.05 bits per heavy atom. The number of anilines is 1. The third-order valence-corrected chi connectivity index (χ3v) is 4.55. The van der Waals surface area contributed by atoms with Gasteiger partial charge in [-0.15, -0.1) is 0 Å². The van der Waals surface area contributed by atoms with Crippen LogP contribution in [0.25, 0.3) is 0 Å². The monoisotopic (exact) mass is 287 g/mol. The summed E-state index contributed by atoms with van der Waals surface area (Å²) in [6, 6.07) is 8.41. The van der Waals surface area contributed by atoms with Gasteiger partial charge in [0.2, 0.25) is 11.8 Å². The first-order chi connectivity index (χ1) is 9.97. The van der Waals surface area contributed by atoms with Crippen molar-refractivity contribution in [2.45, 2.75) is 6.54 Å². The van der Waals surface area contributed by atoms with Gasteiger partial charge in [0.25, 0.3) is 0 Å². The predicted octanol–water partition coefficient (Wildman–Crippen LogP) is 0.799. The highest BCUT2D eigenvalue weighted by Crippen LogP contribution is 2.33. The first-order valence-corrected chi connectivity index (χ1v) is 7.27. The van der Waals surface area contributed by atoms with Crippen molar-refractivity contribution in [3.05, 3.63) is 29.8 Å². The van der Waals surface area contributed by atoms with Crippen molar-refractivity contribution < 1.29 is 9.59 Å². The van der Waals surface area contributed by atoms with Gasteiger partial charge in [0, 0.05) is 46.5 Å². The Hall–Kier alpha value is -1.88. The van der Waals surface area contributed by atoms with E-state index in [4.69, 9.17) is 0 Å². The number of likely N-dealkylation sites (tertiary alicyclic amines) is 2. The number of hydrogen-bond acceptors (Lipinski definition) is 4. The molecule has 0 bridgehead atoms. The van der Waals surface area contributed by atoms with Gasteiger partial charge in [0.15, 0.2) is 0 Å². The molecule has 1 aromatic carbocycles. The van der Waals surface area contributed by atoms with Gasteiger partial charge >= 0.3 is 0 Å². The number of benzene rings is 1. The lowest BCUT2D eigenvalue weighted by Gasteiger charge is -2.19. The molecule has 112 valence electrons. The highest BCUT2D eigenvalue weighted by atomic mass is 16.2. The fourth-order valence-corrected chi connectivity index (χ4v) is 3.28. The normalized spacial score (nSPS) is 25.6. The number of rotatable bonds is 3. The van der Waals surface area contributed by atoms with E-state index in [0.717, 1.165) is 6.54 Å². The van der Waals surface area contributed by atoms with Crippen molar-refractivity contribution >= 4 is 17.5 Å². The zero-order chi connectivity index (χ0) is 15.1. The van der Waals surface area contributed by atoms with E-state index in [1.165, 1.54) is 16.2 Å². The highest BCUT2D eigenvalue weighted by molar-refractivity contribution is 6.05. The molecule has 5 heteroatoms. The Bertz CT molecular complexity index is 543. The molecule has 2 heterocycles. The largest absolute Gasteiger partial charge is 0.378 e. The Kier molecular flexibility index (Phi) is 3.45. The molecule has 2 saturated heterocycles. The summed E-state index contributed by atoms with van der Waals surface area (Å²) in [6.45, 7) is 2.18. The van der Waals surface area contributed by atoms with Crippen LogP contribution in [0.5, 0.6) is 0 Å². The number of carbonyl (C=O) groups is 2. The molecule has 2 fully saturated rings. The second-order valence-corrected chi connectivity index (χ2v) is 6.20. The number of amides is 2. The molecule has 2 aliphatic rings. The van der Waals surface area contributed by atoms with Crippen LogP contribution in [0.3, 0.4) is 0 Å². The molecule has 2 aliphatic heterocycles. The van der Waals surface area contributed by atoms with Gasteiger partial charge in [0.05, 0.1) is 11.8 Å². The Morgan fingerprint density at radius 3 is 2.05 bits per heavy atom. The maximum Gasteiger partial charge on any atom is 0.234 e. The number of fused-ring (bicyclic) bond motifs is 1. The maximum absolute atomic E-state index is 12.0. The molecule has 3 rings (SSSR count). The van der Waals surface area contributed by atoms with Crippen LogP contribution < -0.4 is 4.90 Å². The molecule has 0 aliphatic carbocycles. The molecule has 1 aromatic rings. The van der Waals surface area contributed by atoms with Crippen LogP contribution in [0.4, 0.5) is 5.69 Å². The van der Waals surface area contributed by atoms with Gasteiger partial charge in [-0.2, -0.15) is 0 Å². The smallest absolute Gasteiger partial charge is 0.234 e. The SMILES string of the molecule is CN1C(=O)[C@H]2CN(Cc3ccc(N(C)C)cc3)C[C@H]2C1=O. The predicted molar refractivity (Wildman–Crippen MR) is 80.8 cm³/mol. The number of carbonyl (C=O) groups excluding carboxylic acids is 2. The summed E-state index contributed by atoms with van der Waals surface area (Å²) in [5.74, 6) is -0.307. The average Bonchev–Trinajstić information content (AvgIpc) is 2.96. The zero-order valence-corrected chi connectivity index (χ0v) is 12.7. The minimum absolute atomic E-state index is 0.0181. The second kappa shape index (κ2) is 5.15. The van der Waals surface area contributed by atoms with Gasteiger partial charge < -0.3 is 4.90 Å². The standard InChI is InChI=1S/C16H21N3O2/c1-17(2)12-6-4-11(5-7-12)8-19-9-13-14(10-19)16(21)18(3)15(13)20/h4-7,13-14H,8-10H2,1-3H3/t13-,14+. The van der Waals surface area contributed by atoms with Crippen molar-refractivity contribution in [2.75, 3.05) is 39.1 Å². The minimum atomic E-state index is -0.136. The molecule has 2 amide bonds. The van der Waals surface area contributed by atoms with E-state index in [2.05, 4.69) is 34.1 Å². The first kappa shape index (κ1) is 14.1. The molecule has 5 nitrogen and oxygen atoms in total. The van der Waals surface area contributed by atoms with E-state index >= 15 is 0 Å². The summed E-state index contributed by atoms with van der Waals surface area (Å²) >= 11 is 0. The topological polar surface area (TPSA) is 43.9 Å². The Balaban J connectivity index is 1.66. The van der Waals surface area contributed by atoms with Crippen molar-refractivity contribution in [3.63, 3.8) is 0 Å². The van der Waals surface area contributed by atoms with Crippen molar-refractivity contribution in [3.8, 4) is 0 Å². The van der Waals surface area contributed by atoms with E-state index in [1.54, 1.807) is 7.05 Å². The fraction of sp³-hybridized carbons (Fsp3) is 0.500. The van der Waals surface area contributed by atoms with E-state index in [1.807, 2.05) is 14.1 Å². The molecule has 0 saturated carbocycles. The van der Waals surface area contributed by atoms with Crippen molar-refractivity contribution in [1.29, 1.82) is 0 Å². The van der Waals surface area contributed by atoms with Crippen LogP contribution >= 0.6 is 0 Å². The number of hydrogen-bond donors (Lipinski definition) is 0. The van der Waals surface area contributed by atoms with Crippen LogP contribution in [0.1, 0.15) is 5.56 Å². The van der Waals surface area contributed by atoms with Gasteiger partial charge in [0.1, 0.15) is 0 Å². The molecule has 0 N–H and O–H groups in total. The third kappa shape index (κ3) is 2.42. The van der Waals surface area contributed by atoms with E-state index in [0.29, 0.717) is 13.1 Å². The fourth-order valence-electron chi connectivity index (χ4n) is 3.28. The number of nitrogens with zero attached hydrogens (tertiary/aromatic N) is 3. The lowest BCUT2D eigenvalue weighted by molar-refractivity contribution is -0.138. The summed E-state index contributed by atoms with van der Waals surface area (Å²) in [4.78, 5) is 29.5. The molecular weight excluding hydrogens is 266 g/mol.